The van der Waals surface area contributed by atoms with Gasteiger partial charge in [-0.15, -0.1) is 0 Å². The topological polar surface area (TPSA) is 125 Å². The predicted molar refractivity (Wildman–Crippen MR) is 142 cm³/mol. The number of carbonyl (C=O) groups excluding carboxylic acids is 1. The van der Waals surface area contributed by atoms with Gasteiger partial charge in [0.2, 0.25) is 5.95 Å². The molecule has 2 atom stereocenters. The van der Waals surface area contributed by atoms with Crippen LogP contribution in [0.25, 0.3) is 11.4 Å². The van der Waals surface area contributed by atoms with E-state index >= 15 is 0 Å². The largest absolute Gasteiger partial charge is 0.381 e. The molecule has 3 aliphatic heterocycles. The second-order valence-electron chi connectivity index (χ2n) is 9.88. The van der Waals surface area contributed by atoms with E-state index in [2.05, 4.69) is 21.6 Å². The average molecular weight is 512 g/mol. The molecule has 2 unspecified atom stereocenters. The maximum absolute atomic E-state index is 12.5. The van der Waals surface area contributed by atoms with Gasteiger partial charge in [0.15, 0.2) is 5.82 Å². The van der Waals surface area contributed by atoms with Crippen LogP contribution in [0.5, 0.6) is 0 Å². The highest BCUT2D eigenvalue weighted by Gasteiger charge is 2.39. The summed E-state index contributed by atoms with van der Waals surface area (Å²) in [6.07, 6.45) is 3.97. The van der Waals surface area contributed by atoms with Crippen LogP contribution < -0.4 is 15.5 Å². The summed E-state index contributed by atoms with van der Waals surface area (Å²) >= 11 is 0. The van der Waals surface area contributed by atoms with Gasteiger partial charge < -0.3 is 25.0 Å². The number of carbonyl (C=O) groups is 1. The Balaban J connectivity index is 1.22. The van der Waals surface area contributed by atoms with E-state index < -0.39 is 0 Å². The Morgan fingerprint density at radius 1 is 0.842 bits per heavy atom. The first kappa shape index (κ1) is 24.3. The molecule has 2 amide bonds. The number of ether oxygens (including phenoxy) is 2. The molecule has 194 valence electrons. The number of nitrogens with one attached hydrogen (secondary N) is 2. The monoisotopic (exact) mass is 511 g/mol. The molecule has 3 saturated heterocycles. The summed E-state index contributed by atoms with van der Waals surface area (Å²) in [4.78, 5) is 29.6. The van der Waals surface area contributed by atoms with Gasteiger partial charge in [-0.2, -0.15) is 15.2 Å². The highest BCUT2D eigenvalue weighted by molar-refractivity contribution is 5.99. The SMILES string of the molecule is N#Cc1ccc(NC(=O)Nc2ccc(-c3nc(C4CCOCC4)nc(N4C5CCC4COC5)n3)cc2)cc1. The van der Waals surface area contributed by atoms with Crippen molar-refractivity contribution in [1.82, 2.24) is 15.0 Å². The van der Waals surface area contributed by atoms with E-state index in [9.17, 15) is 4.79 Å². The van der Waals surface area contributed by atoms with Crippen molar-refractivity contribution in [2.24, 2.45) is 0 Å². The molecule has 4 heterocycles. The van der Waals surface area contributed by atoms with Crippen LogP contribution in [0.15, 0.2) is 48.5 Å². The lowest BCUT2D eigenvalue weighted by molar-refractivity contribution is 0.0831. The Kier molecular flexibility index (Phi) is 6.86. The van der Waals surface area contributed by atoms with Crippen molar-refractivity contribution in [2.45, 2.75) is 43.7 Å². The Bertz CT molecular complexity index is 1320. The maximum Gasteiger partial charge on any atom is 0.323 e. The van der Waals surface area contributed by atoms with Crippen LogP contribution >= 0.6 is 0 Å². The number of benzene rings is 2. The highest BCUT2D eigenvalue weighted by atomic mass is 16.5. The van der Waals surface area contributed by atoms with Gasteiger partial charge in [0.05, 0.1) is 36.9 Å². The van der Waals surface area contributed by atoms with Crippen LogP contribution in [0.3, 0.4) is 0 Å². The summed E-state index contributed by atoms with van der Waals surface area (Å²) in [7, 11) is 0. The second kappa shape index (κ2) is 10.7. The van der Waals surface area contributed by atoms with E-state index in [0.29, 0.717) is 61.3 Å². The molecule has 0 aliphatic carbocycles. The first-order valence-electron chi connectivity index (χ1n) is 13.0. The van der Waals surface area contributed by atoms with Crippen LogP contribution in [-0.2, 0) is 9.47 Å². The predicted octanol–water partition coefficient (Wildman–Crippen LogP) is 4.32. The number of rotatable bonds is 5. The number of anilines is 3. The van der Waals surface area contributed by atoms with Crippen molar-refractivity contribution in [3.8, 4) is 17.5 Å². The van der Waals surface area contributed by atoms with Gasteiger partial charge >= 0.3 is 6.03 Å². The molecule has 0 saturated carbocycles. The van der Waals surface area contributed by atoms with Crippen LogP contribution in [-0.4, -0.2) is 59.5 Å². The molecule has 3 fully saturated rings. The van der Waals surface area contributed by atoms with Gasteiger partial charge in [0.25, 0.3) is 0 Å². The van der Waals surface area contributed by atoms with Crippen molar-refractivity contribution in [3.63, 3.8) is 0 Å². The van der Waals surface area contributed by atoms with Gasteiger partial charge in [-0.25, -0.2) is 9.78 Å². The van der Waals surface area contributed by atoms with Crippen molar-refractivity contribution < 1.29 is 14.3 Å². The van der Waals surface area contributed by atoms with E-state index in [1.165, 1.54) is 0 Å². The molecule has 10 nitrogen and oxygen atoms in total. The normalized spacial score (nSPS) is 21.1. The minimum absolute atomic E-state index is 0.245. The van der Waals surface area contributed by atoms with Gasteiger partial charge in [-0.05, 0) is 74.2 Å². The molecule has 3 aromatic rings. The Morgan fingerprint density at radius 3 is 2.11 bits per heavy atom. The van der Waals surface area contributed by atoms with Gasteiger partial charge in [-0.1, -0.05) is 0 Å². The van der Waals surface area contributed by atoms with Crippen molar-refractivity contribution >= 4 is 23.4 Å². The number of nitrogens with zero attached hydrogens (tertiary/aromatic N) is 5. The Morgan fingerprint density at radius 2 is 1.47 bits per heavy atom. The number of nitriles is 1. The molecular formula is C28H29N7O3. The fourth-order valence-electron chi connectivity index (χ4n) is 5.34. The standard InChI is InChI=1S/C28H29N7O3/c29-15-18-1-5-21(6-2-18)30-28(36)31-22-7-3-19(4-8-22)25-32-26(20-11-13-37-14-12-20)34-27(33-25)35-23-9-10-24(35)17-38-16-23/h1-8,20,23-24H,9-14,16-17H2,(H2,30,31,36). The molecule has 0 spiro atoms. The summed E-state index contributed by atoms with van der Waals surface area (Å²) in [6.45, 7) is 2.84. The summed E-state index contributed by atoms with van der Waals surface area (Å²) < 4.78 is 11.3. The lowest BCUT2D eigenvalue weighted by atomic mass is 9.99. The third-order valence-electron chi connectivity index (χ3n) is 7.37. The van der Waals surface area contributed by atoms with Crippen LogP contribution in [0.2, 0.25) is 0 Å². The smallest absolute Gasteiger partial charge is 0.323 e. The summed E-state index contributed by atoms with van der Waals surface area (Å²) in [5.74, 6) is 2.44. The minimum Gasteiger partial charge on any atom is -0.381 e. The Hall–Kier alpha value is -4.07. The zero-order valence-electron chi connectivity index (χ0n) is 21.0. The lowest BCUT2D eigenvalue weighted by Crippen LogP contribution is -2.47. The quantitative estimate of drug-likeness (QED) is 0.519. The van der Waals surface area contributed by atoms with Gasteiger partial charge in [0.1, 0.15) is 5.82 Å². The molecule has 10 heteroatoms. The number of morpholine rings is 1. The van der Waals surface area contributed by atoms with E-state index in [-0.39, 0.29) is 11.9 Å². The molecule has 2 bridgehead atoms. The molecule has 0 radical (unpaired) electrons. The zero-order chi connectivity index (χ0) is 25.9. The van der Waals surface area contributed by atoms with Gasteiger partial charge in [-0.3, -0.25) is 0 Å². The summed E-state index contributed by atoms with van der Waals surface area (Å²) in [5, 5.41) is 14.5. The molecule has 38 heavy (non-hydrogen) atoms. The molecule has 1 aromatic heterocycles. The fraction of sp³-hybridized carbons (Fsp3) is 0.393. The number of hydrogen-bond donors (Lipinski definition) is 2. The fourth-order valence-corrected chi connectivity index (χ4v) is 5.34. The highest BCUT2D eigenvalue weighted by Crippen LogP contribution is 2.34. The van der Waals surface area contributed by atoms with Crippen LogP contribution in [0.1, 0.15) is 43.0 Å². The lowest BCUT2D eigenvalue weighted by Gasteiger charge is -2.35. The van der Waals surface area contributed by atoms with Crippen LogP contribution in [0, 0.1) is 11.3 Å². The van der Waals surface area contributed by atoms with E-state index in [4.69, 9.17) is 29.7 Å². The number of fused-ring (bicyclic) bond motifs is 2. The first-order chi connectivity index (χ1) is 18.7. The van der Waals surface area contributed by atoms with Crippen molar-refractivity contribution in [2.75, 3.05) is 42.0 Å². The first-order valence-corrected chi connectivity index (χ1v) is 13.0. The number of aromatic nitrogens is 3. The molecular weight excluding hydrogens is 482 g/mol. The molecule has 2 N–H and O–H groups in total. The number of amides is 2. The molecule has 6 rings (SSSR count). The van der Waals surface area contributed by atoms with E-state index in [1.807, 2.05) is 24.3 Å². The zero-order valence-corrected chi connectivity index (χ0v) is 21.0. The third-order valence-corrected chi connectivity index (χ3v) is 7.37. The Labute approximate surface area is 221 Å². The minimum atomic E-state index is -0.366. The summed E-state index contributed by atoms with van der Waals surface area (Å²) in [5.41, 5.74) is 2.65. The van der Waals surface area contributed by atoms with Crippen molar-refractivity contribution in [1.29, 1.82) is 5.26 Å². The van der Waals surface area contributed by atoms with Crippen molar-refractivity contribution in [3.05, 3.63) is 59.9 Å². The average Bonchev–Trinajstić information content (AvgIpc) is 3.22. The number of urea groups is 1. The third kappa shape index (κ3) is 5.16. The molecule has 3 aliphatic rings. The second-order valence-corrected chi connectivity index (χ2v) is 9.88. The maximum atomic E-state index is 12.5. The van der Waals surface area contributed by atoms with Crippen LogP contribution in [0.4, 0.5) is 22.1 Å². The van der Waals surface area contributed by atoms with E-state index in [1.54, 1.807) is 24.3 Å². The molecule has 2 aromatic carbocycles. The summed E-state index contributed by atoms with van der Waals surface area (Å²) in [6, 6.07) is 16.5. The number of hydrogen-bond acceptors (Lipinski definition) is 8. The van der Waals surface area contributed by atoms with E-state index in [0.717, 1.165) is 43.0 Å². The van der Waals surface area contributed by atoms with Gasteiger partial charge in [0, 0.05) is 36.1 Å².